The summed E-state index contributed by atoms with van der Waals surface area (Å²) in [5, 5.41) is 3.54. The van der Waals surface area contributed by atoms with Crippen LogP contribution in [0, 0.1) is 0 Å². The van der Waals surface area contributed by atoms with E-state index in [2.05, 4.69) is 21.2 Å². The molecule has 0 spiro atoms. The molecule has 1 N–H and O–H groups in total. The summed E-state index contributed by atoms with van der Waals surface area (Å²) in [6.07, 6.45) is 0.643. The number of benzene rings is 2. The minimum absolute atomic E-state index is 0.0741. The van der Waals surface area contributed by atoms with Crippen molar-refractivity contribution in [2.75, 3.05) is 11.9 Å². The van der Waals surface area contributed by atoms with Crippen molar-refractivity contribution in [3.05, 3.63) is 69.2 Å². The number of para-hydroxylation sites is 1. The highest BCUT2D eigenvalue weighted by molar-refractivity contribution is 9.10. The average Bonchev–Trinajstić information content (AvgIpc) is 2.71. The second-order valence-electron chi connectivity index (χ2n) is 6.69. The molecule has 3 aromatic rings. The molecule has 2 amide bonds. The molecule has 1 aromatic heterocycles. The third kappa shape index (κ3) is 4.34. The lowest BCUT2D eigenvalue weighted by atomic mass is 10.1. The molecule has 0 aliphatic rings. The summed E-state index contributed by atoms with van der Waals surface area (Å²) in [5.41, 5.74) is 1.28. The topological polar surface area (TPSA) is 67.2 Å². The van der Waals surface area contributed by atoms with Crippen LogP contribution < -0.4 is 10.9 Å². The highest BCUT2D eigenvalue weighted by Gasteiger charge is 2.27. The molecular weight excluding hydrogens is 432 g/mol. The smallest absolute Gasteiger partial charge is 0.315 e. The molecule has 1 atom stereocenters. The molecule has 29 heavy (non-hydrogen) atoms. The monoisotopic (exact) mass is 456 g/mol. The summed E-state index contributed by atoms with van der Waals surface area (Å²) < 4.78 is 2.56. The summed E-state index contributed by atoms with van der Waals surface area (Å²) in [6.45, 7) is 6.84. The Labute approximate surface area is 178 Å². The molecule has 2 aromatic carbocycles. The van der Waals surface area contributed by atoms with Gasteiger partial charge in [-0.15, -0.1) is 0 Å². The van der Waals surface area contributed by atoms with Gasteiger partial charge in [-0.25, -0.2) is 9.78 Å². The predicted molar refractivity (Wildman–Crippen MR) is 120 cm³/mol. The Morgan fingerprint density at radius 1 is 1.17 bits per heavy atom. The fraction of sp³-hybridized carbons (Fsp3) is 0.318. The Kier molecular flexibility index (Phi) is 6.69. The Hall–Kier alpha value is -2.67. The molecule has 0 bridgehead atoms. The summed E-state index contributed by atoms with van der Waals surface area (Å²) in [6, 6.07) is 14.3. The van der Waals surface area contributed by atoms with Crippen LogP contribution in [0.1, 0.15) is 39.1 Å². The van der Waals surface area contributed by atoms with E-state index in [0.717, 1.165) is 4.47 Å². The maximum atomic E-state index is 13.1. The lowest BCUT2D eigenvalue weighted by Gasteiger charge is -2.31. The minimum Gasteiger partial charge on any atom is -0.315 e. The molecule has 0 saturated heterocycles. The molecule has 0 saturated carbocycles. The third-order valence-electron chi connectivity index (χ3n) is 4.95. The number of aromatic nitrogens is 2. The second kappa shape index (κ2) is 9.22. The van der Waals surface area contributed by atoms with Gasteiger partial charge in [-0.05, 0) is 50.6 Å². The van der Waals surface area contributed by atoms with E-state index in [-0.39, 0.29) is 17.6 Å². The van der Waals surface area contributed by atoms with Crippen LogP contribution in [0.25, 0.3) is 10.9 Å². The van der Waals surface area contributed by atoms with Crippen LogP contribution in [0.15, 0.2) is 57.8 Å². The van der Waals surface area contributed by atoms with E-state index in [4.69, 9.17) is 4.98 Å². The Morgan fingerprint density at radius 3 is 2.59 bits per heavy atom. The number of halogens is 1. The number of nitrogens with one attached hydrogen (secondary N) is 1. The lowest BCUT2D eigenvalue weighted by Crippen LogP contribution is -2.40. The maximum Gasteiger partial charge on any atom is 0.322 e. The first kappa shape index (κ1) is 21.0. The third-order valence-corrected chi connectivity index (χ3v) is 5.44. The molecule has 3 rings (SSSR count). The normalized spacial score (nSPS) is 12.0. The molecule has 7 heteroatoms. The van der Waals surface area contributed by atoms with E-state index < -0.39 is 0 Å². The molecule has 1 unspecified atom stereocenters. The molecular formula is C22H25BrN4O2. The number of carbonyl (C=O) groups excluding carboxylic acids is 1. The molecule has 152 valence electrons. The molecule has 0 aliphatic carbocycles. The zero-order valence-corrected chi connectivity index (χ0v) is 18.4. The minimum atomic E-state index is -0.315. The van der Waals surface area contributed by atoms with Crippen molar-refractivity contribution in [3.63, 3.8) is 0 Å². The summed E-state index contributed by atoms with van der Waals surface area (Å²) in [7, 11) is 0. The number of hydrogen-bond donors (Lipinski definition) is 1. The van der Waals surface area contributed by atoms with Gasteiger partial charge in [0.2, 0.25) is 0 Å². The van der Waals surface area contributed by atoms with E-state index in [1.165, 1.54) is 0 Å². The maximum absolute atomic E-state index is 13.1. The molecule has 0 radical (unpaired) electrons. The zero-order chi connectivity index (χ0) is 21.0. The van der Waals surface area contributed by atoms with Crippen LogP contribution in [0.2, 0.25) is 0 Å². The van der Waals surface area contributed by atoms with Gasteiger partial charge in [-0.2, -0.15) is 0 Å². The highest BCUT2D eigenvalue weighted by Crippen LogP contribution is 2.25. The van der Waals surface area contributed by atoms with E-state index >= 15 is 0 Å². The molecule has 6 nitrogen and oxygen atoms in total. The van der Waals surface area contributed by atoms with Gasteiger partial charge in [0, 0.05) is 23.2 Å². The summed E-state index contributed by atoms with van der Waals surface area (Å²) >= 11 is 3.42. The van der Waals surface area contributed by atoms with Crippen molar-refractivity contribution in [2.45, 2.75) is 39.8 Å². The van der Waals surface area contributed by atoms with Gasteiger partial charge < -0.3 is 10.2 Å². The van der Waals surface area contributed by atoms with Crippen LogP contribution in [0.4, 0.5) is 10.5 Å². The quantitative estimate of drug-likeness (QED) is 0.555. The molecule has 1 heterocycles. The van der Waals surface area contributed by atoms with E-state index in [1.54, 1.807) is 15.5 Å². The predicted octanol–water partition coefficient (Wildman–Crippen LogP) is 5.18. The first-order valence-corrected chi connectivity index (χ1v) is 10.6. The van der Waals surface area contributed by atoms with Gasteiger partial charge >= 0.3 is 6.03 Å². The van der Waals surface area contributed by atoms with E-state index in [0.29, 0.717) is 41.9 Å². The number of nitrogens with zero attached hydrogens (tertiary/aromatic N) is 3. The van der Waals surface area contributed by atoms with Crippen LogP contribution in [0.3, 0.4) is 0 Å². The number of fused-ring (bicyclic) bond motifs is 1. The van der Waals surface area contributed by atoms with Crippen molar-refractivity contribution < 1.29 is 4.79 Å². The Balaban J connectivity index is 2.02. The summed E-state index contributed by atoms with van der Waals surface area (Å²) in [5.74, 6) is 0.616. The van der Waals surface area contributed by atoms with Gasteiger partial charge in [0.05, 0.1) is 16.9 Å². The number of carbonyl (C=O) groups is 1. The summed E-state index contributed by atoms with van der Waals surface area (Å²) in [4.78, 5) is 32.6. The standard InChI is InChI=1S/C22H25BrN4O2/c1-4-19(26(5-2)22(29)24-16-11-9-10-15(23)14-16)20-25-18-13-8-7-12-17(18)21(28)27(20)6-3/h7-14,19H,4-6H2,1-3H3,(H,24,29). The van der Waals surface area contributed by atoms with Gasteiger partial charge in [0.1, 0.15) is 5.82 Å². The van der Waals surface area contributed by atoms with Crippen LogP contribution >= 0.6 is 15.9 Å². The van der Waals surface area contributed by atoms with Crippen molar-refractivity contribution in [3.8, 4) is 0 Å². The van der Waals surface area contributed by atoms with Gasteiger partial charge in [0.15, 0.2) is 0 Å². The van der Waals surface area contributed by atoms with E-state index in [9.17, 15) is 9.59 Å². The number of hydrogen-bond acceptors (Lipinski definition) is 3. The first-order valence-electron chi connectivity index (χ1n) is 9.82. The van der Waals surface area contributed by atoms with Crippen LogP contribution in [-0.2, 0) is 6.54 Å². The van der Waals surface area contributed by atoms with Gasteiger partial charge in [-0.3, -0.25) is 9.36 Å². The largest absolute Gasteiger partial charge is 0.322 e. The lowest BCUT2D eigenvalue weighted by molar-refractivity contribution is 0.184. The van der Waals surface area contributed by atoms with Gasteiger partial charge in [0.25, 0.3) is 5.56 Å². The Bertz CT molecular complexity index is 1080. The number of urea groups is 1. The fourth-order valence-electron chi connectivity index (χ4n) is 3.55. The van der Waals surface area contributed by atoms with Gasteiger partial charge in [-0.1, -0.05) is 41.1 Å². The van der Waals surface area contributed by atoms with Crippen molar-refractivity contribution in [1.29, 1.82) is 0 Å². The molecule has 0 fully saturated rings. The molecule has 0 aliphatic heterocycles. The highest BCUT2D eigenvalue weighted by atomic mass is 79.9. The second-order valence-corrected chi connectivity index (χ2v) is 7.60. The number of rotatable bonds is 6. The van der Waals surface area contributed by atoms with E-state index in [1.807, 2.05) is 63.2 Å². The van der Waals surface area contributed by atoms with Crippen LogP contribution in [-0.4, -0.2) is 27.0 Å². The van der Waals surface area contributed by atoms with Crippen LogP contribution in [0.5, 0.6) is 0 Å². The SMILES string of the molecule is CCC(c1nc2ccccc2c(=O)n1CC)N(CC)C(=O)Nc1cccc(Br)c1. The first-order chi connectivity index (χ1) is 14.0. The number of amides is 2. The average molecular weight is 457 g/mol. The fourth-order valence-corrected chi connectivity index (χ4v) is 3.95. The van der Waals surface area contributed by atoms with Crippen molar-refractivity contribution >= 4 is 38.6 Å². The Morgan fingerprint density at radius 2 is 1.93 bits per heavy atom. The van der Waals surface area contributed by atoms with Crippen molar-refractivity contribution in [2.24, 2.45) is 0 Å². The number of anilines is 1. The zero-order valence-electron chi connectivity index (χ0n) is 16.9. The van der Waals surface area contributed by atoms with Crippen molar-refractivity contribution in [1.82, 2.24) is 14.5 Å².